The van der Waals surface area contributed by atoms with Gasteiger partial charge in [-0.3, -0.25) is 19.7 Å². The number of H-pyrrole nitrogens is 1. The highest BCUT2D eigenvalue weighted by Gasteiger charge is 2.23. The van der Waals surface area contributed by atoms with Gasteiger partial charge >= 0.3 is 0 Å². The first-order valence-electron chi connectivity index (χ1n) is 11.8. The van der Waals surface area contributed by atoms with Gasteiger partial charge in [0.1, 0.15) is 12.1 Å². The highest BCUT2D eigenvalue weighted by Crippen LogP contribution is 2.23. The first kappa shape index (κ1) is 21.2. The Morgan fingerprint density at radius 3 is 3.00 bits per heavy atom. The number of hydrogen-bond acceptors (Lipinski definition) is 6. The highest BCUT2D eigenvalue weighted by atomic mass is 16.5. The summed E-state index contributed by atoms with van der Waals surface area (Å²) in [6, 6.07) is 10.8. The molecule has 170 valence electrons. The standard InChI is InChI=1S/C24H32N6O2/c31-23-16-20(27-24-25-18-26-30(23)24)17-28-10-4-14-32-22-7-3-5-19(15-22)8-9-21-6-1-2-11-29(21)13-12-28/h3,5,7,15-16,18,21H,1-2,4,6,8-14,17H2,(H,25,26,27). The zero-order chi connectivity index (χ0) is 21.8. The van der Waals surface area contributed by atoms with E-state index < -0.39 is 0 Å². The van der Waals surface area contributed by atoms with Crippen LogP contribution in [0, 0.1) is 0 Å². The van der Waals surface area contributed by atoms with Gasteiger partial charge in [-0.25, -0.2) is 9.97 Å². The van der Waals surface area contributed by atoms with Crippen LogP contribution < -0.4 is 10.3 Å². The molecule has 0 radical (unpaired) electrons. The highest BCUT2D eigenvalue weighted by molar-refractivity contribution is 5.29. The lowest BCUT2D eigenvalue weighted by atomic mass is 9.95. The normalized spacial score (nSPS) is 21.6. The van der Waals surface area contributed by atoms with Crippen LogP contribution >= 0.6 is 0 Å². The van der Waals surface area contributed by atoms with E-state index in [1.165, 1.54) is 48.6 Å². The molecule has 1 saturated heterocycles. The molecule has 0 saturated carbocycles. The molecule has 2 bridgehead atoms. The molecule has 2 aliphatic heterocycles. The SMILES string of the molecule is O=c1cc(CN2CCCOc3cccc(c3)CCC3CCCCN3CC2)nc2nc[nH]n12. The topological polar surface area (TPSA) is 78.8 Å². The van der Waals surface area contributed by atoms with Gasteiger partial charge in [-0.1, -0.05) is 18.6 Å². The quantitative estimate of drug-likeness (QED) is 0.665. The van der Waals surface area contributed by atoms with Crippen molar-refractivity contribution in [1.29, 1.82) is 0 Å². The Bertz CT molecular complexity index is 1090. The molecule has 32 heavy (non-hydrogen) atoms. The van der Waals surface area contributed by atoms with Crippen molar-refractivity contribution in [1.82, 2.24) is 29.4 Å². The van der Waals surface area contributed by atoms with E-state index in [1.54, 1.807) is 6.07 Å². The molecule has 0 amide bonds. The first-order valence-corrected chi connectivity index (χ1v) is 11.8. The molecule has 0 aliphatic carbocycles. The van der Waals surface area contributed by atoms with Crippen molar-refractivity contribution in [2.45, 2.75) is 51.1 Å². The summed E-state index contributed by atoms with van der Waals surface area (Å²) < 4.78 is 7.41. The number of ether oxygens (including phenoxy) is 1. The lowest BCUT2D eigenvalue weighted by Crippen LogP contribution is -2.44. The second kappa shape index (κ2) is 9.83. The fourth-order valence-electron chi connectivity index (χ4n) is 5.00. The third kappa shape index (κ3) is 5.02. The van der Waals surface area contributed by atoms with Gasteiger partial charge in [-0.05, 0) is 56.3 Å². The molecular weight excluding hydrogens is 404 g/mol. The number of aromatic amines is 1. The molecule has 2 aromatic heterocycles. The number of hydrogen-bond donors (Lipinski definition) is 1. The summed E-state index contributed by atoms with van der Waals surface area (Å²) in [7, 11) is 0. The van der Waals surface area contributed by atoms with Crippen molar-refractivity contribution < 1.29 is 4.74 Å². The Labute approximate surface area is 188 Å². The zero-order valence-corrected chi connectivity index (χ0v) is 18.6. The Morgan fingerprint density at radius 1 is 1.06 bits per heavy atom. The second-order valence-corrected chi connectivity index (χ2v) is 8.96. The summed E-state index contributed by atoms with van der Waals surface area (Å²) in [5.74, 6) is 1.39. The van der Waals surface area contributed by atoms with Gasteiger partial charge < -0.3 is 4.74 Å². The molecule has 5 rings (SSSR count). The monoisotopic (exact) mass is 436 g/mol. The average molecular weight is 437 g/mol. The molecule has 1 N–H and O–H groups in total. The number of nitrogens with one attached hydrogen (secondary N) is 1. The Kier molecular flexibility index (Phi) is 6.50. The van der Waals surface area contributed by atoms with Crippen LogP contribution in [0.5, 0.6) is 5.75 Å². The Morgan fingerprint density at radius 2 is 2.03 bits per heavy atom. The number of aryl methyl sites for hydroxylation is 1. The van der Waals surface area contributed by atoms with Crippen molar-refractivity contribution in [3.8, 4) is 5.75 Å². The molecule has 1 atom stereocenters. The third-order valence-electron chi connectivity index (χ3n) is 6.71. The smallest absolute Gasteiger partial charge is 0.274 e. The molecule has 1 unspecified atom stereocenters. The summed E-state index contributed by atoms with van der Waals surface area (Å²) >= 11 is 0. The minimum atomic E-state index is -0.121. The maximum absolute atomic E-state index is 12.4. The molecule has 1 aromatic carbocycles. The predicted molar refractivity (Wildman–Crippen MR) is 123 cm³/mol. The fraction of sp³-hybridized carbons (Fsp3) is 0.542. The lowest BCUT2D eigenvalue weighted by Gasteiger charge is -2.37. The molecule has 2 aliphatic rings. The van der Waals surface area contributed by atoms with Gasteiger partial charge in [-0.2, -0.15) is 4.52 Å². The van der Waals surface area contributed by atoms with Gasteiger partial charge in [0.2, 0.25) is 0 Å². The van der Waals surface area contributed by atoms with E-state index in [9.17, 15) is 4.79 Å². The number of rotatable bonds is 2. The van der Waals surface area contributed by atoms with Gasteiger partial charge in [0.15, 0.2) is 0 Å². The molecule has 1 fully saturated rings. The molecule has 8 nitrogen and oxygen atoms in total. The number of aromatic nitrogens is 4. The molecule has 4 heterocycles. The van der Waals surface area contributed by atoms with Gasteiger partial charge in [-0.15, -0.1) is 0 Å². The molecule has 0 spiro atoms. The summed E-state index contributed by atoms with van der Waals surface area (Å²) in [6.45, 7) is 5.42. The molecule has 8 heteroatoms. The summed E-state index contributed by atoms with van der Waals surface area (Å²) in [5.41, 5.74) is 2.02. The van der Waals surface area contributed by atoms with Crippen LogP contribution in [0.15, 0.2) is 41.5 Å². The maximum atomic E-state index is 12.4. The number of nitrogens with zero attached hydrogens (tertiary/aromatic N) is 5. The zero-order valence-electron chi connectivity index (χ0n) is 18.6. The van der Waals surface area contributed by atoms with Crippen LogP contribution in [-0.4, -0.2) is 68.2 Å². The van der Waals surface area contributed by atoms with E-state index in [0.29, 0.717) is 25.0 Å². The van der Waals surface area contributed by atoms with Crippen LogP contribution in [0.4, 0.5) is 0 Å². The van der Waals surface area contributed by atoms with E-state index in [4.69, 9.17) is 4.74 Å². The van der Waals surface area contributed by atoms with Crippen LogP contribution in [0.25, 0.3) is 5.78 Å². The van der Waals surface area contributed by atoms with Crippen molar-refractivity contribution in [2.24, 2.45) is 0 Å². The number of benzene rings is 1. The van der Waals surface area contributed by atoms with E-state index in [-0.39, 0.29) is 5.56 Å². The van der Waals surface area contributed by atoms with E-state index in [2.05, 4.69) is 49.1 Å². The minimum absolute atomic E-state index is 0.121. The average Bonchev–Trinajstić information content (AvgIpc) is 3.28. The van der Waals surface area contributed by atoms with E-state index >= 15 is 0 Å². The van der Waals surface area contributed by atoms with Crippen LogP contribution in [0.3, 0.4) is 0 Å². The van der Waals surface area contributed by atoms with Crippen LogP contribution in [0.2, 0.25) is 0 Å². The third-order valence-corrected chi connectivity index (χ3v) is 6.71. The van der Waals surface area contributed by atoms with Crippen LogP contribution in [-0.2, 0) is 13.0 Å². The van der Waals surface area contributed by atoms with Crippen molar-refractivity contribution >= 4 is 5.78 Å². The largest absolute Gasteiger partial charge is 0.494 e. The van der Waals surface area contributed by atoms with Gasteiger partial charge in [0.05, 0.1) is 12.3 Å². The fourth-order valence-corrected chi connectivity index (χ4v) is 5.00. The molecular formula is C24H32N6O2. The molecule has 3 aromatic rings. The number of piperidine rings is 1. The van der Waals surface area contributed by atoms with E-state index in [0.717, 1.165) is 43.9 Å². The van der Waals surface area contributed by atoms with Crippen LogP contribution in [0.1, 0.15) is 43.4 Å². The lowest BCUT2D eigenvalue weighted by molar-refractivity contribution is 0.114. The Balaban J connectivity index is 1.33. The van der Waals surface area contributed by atoms with E-state index in [1.807, 2.05) is 0 Å². The second-order valence-electron chi connectivity index (χ2n) is 8.96. The van der Waals surface area contributed by atoms with Crippen molar-refractivity contribution in [3.05, 3.63) is 58.3 Å². The van der Waals surface area contributed by atoms with Gasteiger partial charge in [0.25, 0.3) is 11.3 Å². The van der Waals surface area contributed by atoms with Crippen molar-refractivity contribution in [2.75, 3.05) is 32.8 Å². The predicted octanol–water partition coefficient (Wildman–Crippen LogP) is 2.49. The summed E-state index contributed by atoms with van der Waals surface area (Å²) in [6.07, 6.45) is 8.61. The first-order chi connectivity index (χ1) is 15.7. The summed E-state index contributed by atoms with van der Waals surface area (Å²) in [4.78, 5) is 26.2. The van der Waals surface area contributed by atoms with Gasteiger partial charge in [0, 0.05) is 38.3 Å². The maximum Gasteiger partial charge on any atom is 0.274 e. The minimum Gasteiger partial charge on any atom is -0.494 e. The summed E-state index contributed by atoms with van der Waals surface area (Å²) in [5, 5.41) is 2.80. The Hall–Kier alpha value is -2.71. The van der Waals surface area contributed by atoms with Crippen molar-refractivity contribution in [3.63, 3.8) is 0 Å². The number of fused-ring (bicyclic) bond motifs is 4.